The summed E-state index contributed by atoms with van der Waals surface area (Å²) < 4.78 is 38.0. The van der Waals surface area contributed by atoms with Crippen LogP contribution >= 0.6 is 0 Å². The van der Waals surface area contributed by atoms with Gasteiger partial charge >= 0.3 is 5.97 Å². The average molecular weight is 204 g/mol. The molecule has 0 atom stereocenters. The number of Topliss-reactive ketones (excluding diaryl/α,β-unsaturated/α-hetero) is 1. The van der Waals surface area contributed by atoms with Gasteiger partial charge in [-0.1, -0.05) is 0 Å². The summed E-state index contributed by atoms with van der Waals surface area (Å²) in [5.41, 5.74) is -1.39. The predicted octanol–water partition coefficient (Wildman–Crippen LogP) is 1.37. The van der Waals surface area contributed by atoms with Crippen LogP contribution in [0.2, 0.25) is 0 Å². The molecule has 0 aromatic heterocycles. The lowest BCUT2D eigenvalue weighted by Gasteiger charge is -2.00. The van der Waals surface area contributed by atoms with Crippen LogP contribution in [0.1, 0.15) is 10.4 Å². The number of ketones is 1. The maximum atomic E-state index is 12.8. The van der Waals surface area contributed by atoms with Crippen molar-refractivity contribution in [2.75, 3.05) is 0 Å². The van der Waals surface area contributed by atoms with Crippen LogP contribution < -0.4 is 0 Å². The van der Waals surface area contributed by atoms with Crippen molar-refractivity contribution in [1.29, 1.82) is 0 Å². The molecule has 0 unspecified atom stereocenters. The van der Waals surface area contributed by atoms with Crippen molar-refractivity contribution in [3.8, 4) is 0 Å². The molecule has 0 heterocycles. The van der Waals surface area contributed by atoms with Crippen LogP contribution in [0.15, 0.2) is 12.1 Å². The fourth-order valence-electron chi connectivity index (χ4n) is 0.842. The van der Waals surface area contributed by atoms with Crippen molar-refractivity contribution >= 4 is 11.8 Å². The minimum absolute atomic E-state index is 0.462. The molecule has 0 amide bonds. The van der Waals surface area contributed by atoms with Crippen LogP contribution in [0.25, 0.3) is 0 Å². The summed E-state index contributed by atoms with van der Waals surface area (Å²) in [6.45, 7) is 0. The van der Waals surface area contributed by atoms with Gasteiger partial charge in [-0.2, -0.15) is 0 Å². The molecular formula is C8H3F3O3. The van der Waals surface area contributed by atoms with Gasteiger partial charge in [-0.3, -0.25) is 4.79 Å². The first-order valence-electron chi connectivity index (χ1n) is 3.36. The van der Waals surface area contributed by atoms with E-state index < -0.39 is 34.8 Å². The fourth-order valence-corrected chi connectivity index (χ4v) is 0.842. The third-order valence-electron chi connectivity index (χ3n) is 1.47. The third kappa shape index (κ3) is 1.59. The Bertz CT molecular complexity index is 415. The zero-order valence-electron chi connectivity index (χ0n) is 6.55. The molecule has 1 aromatic rings. The molecule has 0 radical (unpaired) electrons. The SMILES string of the molecule is O=C(O)C(=O)c1c(F)ccc(F)c1F. The summed E-state index contributed by atoms with van der Waals surface area (Å²) in [7, 11) is 0. The van der Waals surface area contributed by atoms with Gasteiger partial charge in [0.15, 0.2) is 11.6 Å². The number of carbonyl (C=O) groups excluding carboxylic acids is 1. The molecule has 0 saturated heterocycles. The van der Waals surface area contributed by atoms with E-state index in [1.54, 1.807) is 0 Å². The van der Waals surface area contributed by atoms with Crippen molar-refractivity contribution in [2.45, 2.75) is 0 Å². The Balaban J connectivity index is 3.40. The molecule has 0 aliphatic carbocycles. The fraction of sp³-hybridized carbons (Fsp3) is 0. The molecule has 1 aromatic carbocycles. The van der Waals surface area contributed by atoms with Gasteiger partial charge in [0, 0.05) is 0 Å². The summed E-state index contributed by atoms with van der Waals surface area (Å²) in [6, 6.07) is 0.942. The van der Waals surface area contributed by atoms with Crippen LogP contribution in [0.5, 0.6) is 0 Å². The van der Waals surface area contributed by atoms with Gasteiger partial charge < -0.3 is 5.11 Å². The van der Waals surface area contributed by atoms with Crippen molar-refractivity contribution in [2.24, 2.45) is 0 Å². The zero-order chi connectivity index (χ0) is 10.9. The Morgan fingerprint density at radius 1 is 1.07 bits per heavy atom. The van der Waals surface area contributed by atoms with E-state index in [-0.39, 0.29) is 0 Å². The van der Waals surface area contributed by atoms with Gasteiger partial charge in [-0.15, -0.1) is 0 Å². The number of carboxylic acid groups (broad SMARTS) is 1. The number of rotatable bonds is 2. The topological polar surface area (TPSA) is 54.4 Å². The largest absolute Gasteiger partial charge is 0.475 e. The summed E-state index contributed by atoms with van der Waals surface area (Å²) >= 11 is 0. The number of carbonyl (C=O) groups is 2. The zero-order valence-corrected chi connectivity index (χ0v) is 6.55. The molecular weight excluding hydrogens is 201 g/mol. The molecule has 74 valence electrons. The van der Waals surface area contributed by atoms with Crippen molar-refractivity contribution < 1.29 is 27.9 Å². The molecule has 1 N–H and O–H groups in total. The van der Waals surface area contributed by atoms with Crippen LogP contribution in [0.4, 0.5) is 13.2 Å². The molecule has 1 rings (SSSR count). The predicted molar refractivity (Wildman–Crippen MR) is 38.3 cm³/mol. The van der Waals surface area contributed by atoms with Crippen LogP contribution in [-0.4, -0.2) is 16.9 Å². The second kappa shape index (κ2) is 3.49. The van der Waals surface area contributed by atoms with E-state index in [1.807, 2.05) is 0 Å². The first-order valence-corrected chi connectivity index (χ1v) is 3.36. The van der Waals surface area contributed by atoms with Gasteiger partial charge in [0.25, 0.3) is 5.78 Å². The van der Waals surface area contributed by atoms with E-state index in [1.165, 1.54) is 0 Å². The Labute approximate surface area is 75.8 Å². The molecule has 0 aliphatic heterocycles. The Hall–Kier alpha value is -1.85. The molecule has 0 aliphatic rings. The number of carboxylic acids is 1. The number of aliphatic carboxylic acids is 1. The van der Waals surface area contributed by atoms with E-state index >= 15 is 0 Å². The number of halogens is 3. The average Bonchev–Trinajstić information content (AvgIpc) is 2.12. The molecule has 14 heavy (non-hydrogen) atoms. The van der Waals surface area contributed by atoms with Gasteiger partial charge in [-0.05, 0) is 12.1 Å². The van der Waals surface area contributed by atoms with Crippen molar-refractivity contribution in [3.63, 3.8) is 0 Å². The third-order valence-corrected chi connectivity index (χ3v) is 1.47. The van der Waals surface area contributed by atoms with Crippen molar-refractivity contribution in [1.82, 2.24) is 0 Å². The number of benzene rings is 1. The maximum absolute atomic E-state index is 12.8. The first kappa shape index (κ1) is 10.2. The number of hydrogen-bond donors (Lipinski definition) is 1. The highest BCUT2D eigenvalue weighted by atomic mass is 19.2. The quantitative estimate of drug-likeness (QED) is 0.449. The number of hydrogen-bond acceptors (Lipinski definition) is 2. The molecule has 6 heteroatoms. The van der Waals surface area contributed by atoms with E-state index in [9.17, 15) is 22.8 Å². The van der Waals surface area contributed by atoms with E-state index in [0.29, 0.717) is 12.1 Å². The molecule has 3 nitrogen and oxygen atoms in total. The van der Waals surface area contributed by atoms with E-state index in [2.05, 4.69) is 0 Å². The lowest BCUT2D eigenvalue weighted by atomic mass is 10.1. The molecule has 0 spiro atoms. The first-order chi connectivity index (χ1) is 6.45. The van der Waals surface area contributed by atoms with Gasteiger partial charge in [0.05, 0.1) is 0 Å². The van der Waals surface area contributed by atoms with Crippen molar-refractivity contribution in [3.05, 3.63) is 35.1 Å². The maximum Gasteiger partial charge on any atom is 0.377 e. The van der Waals surface area contributed by atoms with Gasteiger partial charge in [-0.25, -0.2) is 18.0 Å². The van der Waals surface area contributed by atoms with Crippen LogP contribution in [-0.2, 0) is 4.79 Å². The van der Waals surface area contributed by atoms with E-state index in [0.717, 1.165) is 0 Å². The van der Waals surface area contributed by atoms with Gasteiger partial charge in [0.1, 0.15) is 11.4 Å². The minimum Gasteiger partial charge on any atom is -0.475 e. The Kier molecular flexibility index (Phi) is 2.55. The second-order valence-corrected chi connectivity index (χ2v) is 2.35. The van der Waals surface area contributed by atoms with Crippen LogP contribution in [0, 0.1) is 17.5 Å². The molecule has 0 saturated carbocycles. The highest BCUT2D eigenvalue weighted by molar-refractivity contribution is 6.40. The lowest BCUT2D eigenvalue weighted by Crippen LogP contribution is -2.17. The van der Waals surface area contributed by atoms with E-state index in [4.69, 9.17) is 5.11 Å². The minimum atomic E-state index is -2.05. The summed E-state index contributed by atoms with van der Waals surface area (Å²) in [5.74, 6) is -8.54. The summed E-state index contributed by atoms with van der Waals surface area (Å²) in [5, 5.41) is 8.17. The smallest absolute Gasteiger partial charge is 0.377 e. The highest BCUT2D eigenvalue weighted by Crippen LogP contribution is 2.16. The van der Waals surface area contributed by atoms with Gasteiger partial charge in [0.2, 0.25) is 0 Å². The standard InChI is InChI=1S/C8H3F3O3/c9-3-1-2-4(10)6(11)5(3)7(12)8(13)14/h1-2H,(H,13,14). The van der Waals surface area contributed by atoms with Crippen LogP contribution in [0.3, 0.4) is 0 Å². The Morgan fingerprint density at radius 2 is 1.57 bits per heavy atom. The Morgan fingerprint density at radius 3 is 2.07 bits per heavy atom. The molecule has 0 bridgehead atoms. The monoisotopic (exact) mass is 204 g/mol. The summed E-state index contributed by atoms with van der Waals surface area (Å²) in [4.78, 5) is 20.8. The molecule has 0 fully saturated rings. The summed E-state index contributed by atoms with van der Waals surface area (Å²) in [6.07, 6.45) is 0. The second-order valence-electron chi connectivity index (χ2n) is 2.35. The highest BCUT2D eigenvalue weighted by Gasteiger charge is 2.25. The normalized spacial score (nSPS) is 9.93. The lowest BCUT2D eigenvalue weighted by molar-refractivity contribution is -0.131.